The highest BCUT2D eigenvalue weighted by molar-refractivity contribution is 6.05. The molecule has 2 fully saturated rings. The van der Waals surface area contributed by atoms with Crippen molar-refractivity contribution in [1.29, 1.82) is 0 Å². The fraction of sp³-hybridized carbons (Fsp3) is 0.550. The molecule has 0 atom stereocenters. The lowest BCUT2D eigenvalue weighted by Crippen LogP contribution is -2.49. The van der Waals surface area contributed by atoms with Crippen molar-refractivity contribution in [2.24, 2.45) is 0 Å². The van der Waals surface area contributed by atoms with E-state index in [1.54, 1.807) is 12.1 Å². The minimum atomic E-state index is -0.921. The molecule has 2 heterocycles. The predicted molar refractivity (Wildman–Crippen MR) is 107 cm³/mol. The van der Waals surface area contributed by atoms with E-state index in [0.29, 0.717) is 44.0 Å². The number of phenols is 1. The molecule has 3 N–H and O–H groups in total. The number of piperazine rings is 1. The van der Waals surface area contributed by atoms with Crippen LogP contribution in [0, 0.1) is 0 Å². The van der Waals surface area contributed by atoms with Crippen molar-refractivity contribution in [2.75, 3.05) is 37.6 Å². The largest absolute Gasteiger partial charge is 0.507 e. The lowest BCUT2D eigenvalue weighted by atomic mass is 9.84. The fourth-order valence-electron chi connectivity index (χ4n) is 3.67. The van der Waals surface area contributed by atoms with E-state index in [0.717, 1.165) is 5.56 Å². The number of carbonyl (C=O) groups is 3. The number of aromatic hydroxyl groups is 1. The zero-order chi connectivity index (χ0) is 21.3. The van der Waals surface area contributed by atoms with Crippen LogP contribution in [0.2, 0.25) is 0 Å². The van der Waals surface area contributed by atoms with Crippen molar-refractivity contribution in [3.8, 4) is 5.75 Å². The number of nitrogens with zero attached hydrogens (tertiary/aromatic N) is 3. The number of rotatable bonds is 3. The first kappa shape index (κ1) is 20.9. The first-order chi connectivity index (χ1) is 13.6. The molecule has 158 valence electrons. The van der Waals surface area contributed by atoms with Gasteiger partial charge in [-0.1, -0.05) is 20.8 Å². The van der Waals surface area contributed by atoms with Crippen molar-refractivity contribution in [3.63, 3.8) is 0 Å². The molecule has 0 unspecified atom stereocenters. The number of carboxylic acid groups (broad SMARTS) is 1. The zero-order valence-electron chi connectivity index (χ0n) is 17.1. The Hall–Kier alpha value is -2.81. The summed E-state index contributed by atoms with van der Waals surface area (Å²) in [6.45, 7) is 8.67. The molecule has 0 saturated carbocycles. The van der Waals surface area contributed by atoms with E-state index in [2.05, 4.69) is 10.2 Å². The van der Waals surface area contributed by atoms with E-state index in [9.17, 15) is 19.5 Å². The number of benzene rings is 1. The molecule has 0 aromatic heterocycles. The Labute approximate surface area is 169 Å². The third kappa shape index (κ3) is 4.61. The van der Waals surface area contributed by atoms with Gasteiger partial charge < -0.3 is 15.1 Å². The van der Waals surface area contributed by atoms with Crippen LogP contribution in [-0.2, 0) is 16.8 Å². The number of nitrogens with one attached hydrogen (secondary N) is 1. The summed E-state index contributed by atoms with van der Waals surface area (Å²) in [4.78, 5) is 39.9. The number of amides is 4. The topological polar surface area (TPSA) is 113 Å². The SMILES string of the molecule is CC(C)(C)c1cc(N2CCC(=O)NC2=O)cc(CN2CCN(C(=O)O)CC2)c1O. The molecule has 0 aliphatic carbocycles. The number of urea groups is 1. The molecular weight excluding hydrogens is 376 g/mol. The van der Waals surface area contributed by atoms with E-state index in [1.165, 1.54) is 9.80 Å². The number of hydrogen-bond donors (Lipinski definition) is 3. The van der Waals surface area contributed by atoms with Gasteiger partial charge in [0.2, 0.25) is 5.91 Å². The average Bonchev–Trinajstić information content (AvgIpc) is 2.63. The van der Waals surface area contributed by atoms with Gasteiger partial charge in [-0.05, 0) is 17.5 Å². The zero-order valence-corrected chi connectivity index (χ0v) is 17.1. The predicted octanol–water partition coefficient (Wildman–Crippen LogP) is 1.93. The van der Waals surface area contributed by atoms with Crippen LogP contribution in [0.3, 0.4) is 0 Å². The van der Waals surface area contributed by atoms with Gasteiger partial charge in [-0.25, -0.2) is 9.59 Å². The van der Waals surface area contributed by atoms with Crippen LogP contribution in [-0.4, -0.2) is 70.8 Å². The van der Waals surface area contributed by atoms with Gasteiger partial charge in [0.25, 0.3) is 0 Å². The number of imide groups is 1. The molecule has 0 spiro atoms. The molecule has 1 aromatic carbocycles. The van der Waals surface area contributed by atoms with Gasteiger partial charge in [-0.3, -0.25) is 19.9 Å². The summed E-state index contributed by atoms with van der Waals surface area (Å²) in [7, 11) is 0. The van der Waals surface area contributed by atoms with Gasteiger partial charge >= 0.3 is 12.1 Å². The third-order valence-corrected chi connectivity index (χ3v) is 5.38. The van der Waals surface area contributed by atoms with Gasteiger partial charge in [0.1, 0.15) is 5.75 Å². The quantitative estimate of drug-likeness (QED) is 0.709. The first-order valence-corrected chi connectivity index (χ1v) is 9.74. The monoisotopic (exact) mass is 404 g/mol. The van der Waals surface area contributed by atoms with Gasteiger partial charge in [-0.15, -0.1) is 0 Å². The number of carbonyl (C=O) groups excluding carboxylic acids is 2. The molecule has 0 radical (unpaired) electrons. The lowest BCUT2D eigenvalue weighted by molar-refractivity contribution is -0.120. The normalized spacial score (nSPS) is 18.7. The maximum absolute atomic E-state index is 12.3. The van der Waals surface area contributed by atoms with Gasteiger partial charge in [0.15, 0.2) is 0 Å². The average molecular weight is 404 g/mol. The number of phenolic OH excluding ortho intramolecular Hbond substituents is 1. The fourth-order valence-corrected chi connectivity index (χ4v) is 3.67. The van der Waals surface area contributed by atoms with Crippen molar-refractivity contribution in [1.82, 2.24) is 15.1 Å². The molecule has 0 bridgehead atoms. The second-order valence-electron chi connectivity index (χ2n) is 8.55. The minimum absolute atomic E-state index is 0.190. The molecule has 4 amide bonds. The molecule has 2 aliphatic heterocycles. The molecule has 1 aromatic rings. The second-order valence-corrected chi connectivity index (χ2v) is 8.55. The van der Waals surface area contributed by atoms with E-state index in [4.69, 9.17) is 5.11 Å². The molecular formula is C20H28N4O5. The Morgan fingerprint density at radius 1 is 1.10 bits per heavy atom. The maximum Gasteiger partial charge on any atom is 0.407 e. The van der Waals surface area contributed by atoms with Crippen LogP contribution in [0.4, 0.5) is 15.3 Å². The summed E-state index contributed by atoms with van der Waals surface area (Å²) >= 11 is 0. The van der Waals surface area contributed by atoms with Crippen molar-refractivity contribution in [2.45, 2.75) is 39.2 Å². The van der Waals surface area contributed by atoms with E-state index in [1.807, 2.05) is 20.8 Å². The Morgan fingerprint density at radius 3 is 2.31 bits per heavy atom. The molecule has 29 heavy (non-hydrogen) atoms. The van der Waals surface area contributed by atoms with Crippen molar-refractivity contribution < 1.29 is 24.6 Å². The van der Waals surface area contributed by atoms with E-state index >= 15 is 0 Å². The Morgan fingerprint density at radius 2 is 1.76 bits per heavy atom. The summed E-state index contributed by atoms with van der Waals surface area (Å²) < 4.78 is 0. The summed E-state index contributed by atoms with van der Waals surface area (Å²) in [5, 5.41) is 22.4. The molecule has 9 nitrogen and oxygen atoms in total. The van der Waals surface area contributed by atoms with E-state index in [-0.39, 0.29) is 30.0 Å². The summed E-state index contributed by atoms with van der Waals surface area (Å²) in [5.41, 5.74) is 1.69. The molecule has 3 rings (SSSR count). The summed E-state index contributed by atoms with van der Waals surface area (Å²) in [5.74, 6) is -0.104. The molecule has 9 heteroatoms. The van der Waals surface area contributed by atoms with Crippen LogP contribution in [0.15, 0.2) is 12.1 Å². The maximum atomic E-state index is 12.3. The Balaban J connectivity index is 1.89. The lowest BCUT2D eigenvalue weighted by Gasteiger charge is -2.34. The molecule has 2 aliphatic rings. The standard InChI is InChI=1S/C20H28N4O5/c1-20(2,3)15-11-14(24-5-4-16(25)21-18(24)27)10-13(17(15)26)12-22-6-8-23(9-7-22)19(28)29/h10-11,26H,4-9,12H2,1-3H3,(H,28,29)(H,21,25,27). The third-order valence-electron chi connectivity index (χ3n) is 5.38. The first-order valence-electron chi connectivity index (χ1n) is 9.74. The Kier molecular flexibility index (Phi) is 5.70. The summed E-state index contributed by atoms with van der Waals surface area (Å²) in [6.07, 6.45) is -0.695. The highest BCUT2D eigenvalue weighted by atomic mass is 16.4. The van der Waals surface area contributed by atoms with Crippen LogP contribution >= 0.6 is 0 Å². The van der Waals surface area contributed by atoms with Crippen LogP contribution in [0.1, 0.15) is 38.3 Å². The highest BCUT2D eigenvalue weighted by Gasteiger charge is 2.29. The van der Waals surface area contributed by atoms with Crippen LogP contribution in [0.25, 0.3) is 0 Å². The van der Waals surface area contributed by atoms with Crippen LogP contribution < -0.4 is 10.2 Å². The summed E-state index contributed by atoms with van der Waals surface area (Å²) in [6, 6.07) is 3.12. The number of hydrogen-bond acceptors (Lipinski definition) is 5. The van der Waals surface area contributed by atoms with Crippen molar-refractivity contribution >= 4 is 23.7 Å². The molecule has 2 saturated heterocycles. The van der Waals surface area contributed by atoms with Crippen LogP contribution in [0.5, 0.6) is 5.75 Å². The minimum Gasteiger partial charge on any atom is -0.507 e. The van der Waals surface area contributed by atoms with Gasteiger partial charge in [-0.2, -0.15) is 0 Å². The van der Waals surface area contributed by atoms with Gasteiger partial charge in [0.05, 0.1) is 0 Å². The second kappa shape index (κ2) is 7.90. The van der Waals surface area contributed by atoms with E-state index < -0.39 is 12.1 Å². The number of anilines is 1. The van der Waals surface area contributed by atoms with Crippen molar-refractivity contribution in [3.05, 3.63) is 23.3 Å². The highest BCUT2D eigenvalue weighted by Crippen LogP contribution is 2.38. The Bertz CT molecular complexity index is 825. The van der Waals surface area contributed by atoms with Gasteiger partial charge in [0, 0.05) is 62.5 Å². The smallest absolute Gasteiger partial charge is 0.407 e.